The highest BCUT2D eigenvalue weighted by atomic mass is 32.2. The number of thioether (sulfide) groups is 1. The number of benzene rings is 1. The number of rotatable bonds is 8. The first-order valence-corrected chi connectivity index (χ1v) is 8.68. The second-order valence-corrected chi connectivity index (χ2v) is 6.43. The second kappa shape index (κ2) is 7.88. The topological polar surface area (TPSA) is 64.3 Å². The lowest BCUT2D eigenvalue weighted by Gasteiger charge is -2.08. The number of nitrogens with zero attached hydrogens (tertiary/aromatic N) is 2. The fourth-order valence-corrected chi connectivity index (χ4v) is 3.28. The first-order valence-electron chi connectivity index (χ1n) is 7.69. The minimum atomic E-state index is -0.855. The van der Waals surface area contributed by atoms with Gasteiger partial charge in [-0.05, 0) is 36.8 Å². The molecular formula is C18H18N2O3S. The number of aromatic nitrogens is 2. The van der Waals surface area contributed by atoms with Gasteiger partial charge in [-0.15, -0.1) is 11.8 Å². The van der Waals surface area contributed by atoms with Gasteiger partial charge in [0.25, 0.3) is 0 Å². The van der Waals surface area contributed by atoms with E-state index in [4.69, 9.17) is 9.84 Å². The Morgan fingerprint density at radius 1 is 1.21 bits per heavy atom. The standard InChI is InChI=1S/C18H18N2O3S/c21-18(22)13-20-10-7-15-16(20)3-1-4-17(15)23-11-2-12-24-14-5-8-19-9-6-14/h1,3-10H,2,11-13H2,(H,21,22). The lowest BCUT2D eigenvalue weighted by molar-refractivity contribution is -0.137. The monoisotopic (exact) mass is 342 g/mol. The van der Waals surface area contributed by atoms with Crippen LogP contribution in [0.15, 0.2) is 59.9 Å². The molecule has 0 spiro atoms. The lowest BCUT2D eigenvalue weighted by atomic mass is 10.2. The molecule has 2 heterocycles. The third kappa shape index (κ3) is 4.08. The predicted molar refractivity (Wildman–Crippen MR) is 94.6 cm³/mol. The van der Waals surface area contributed by atoms with Crippen molar-refractivity contribution in [3.8, 4) is 5.75 Å². The van der Waals surface area contributed by atoms with Gasteiger partial charge in [0, 0.05) is 34.6 Å². The van der Waals surface area contributed by atoms with Crippen molar-refractivity contribution in [1.29, 1.82) is 0 Å². The Labute approximate surface area is 144 Å². The van der Waals surface area contributed by atoms with Crippen LogP contribution in [-0.2, 0) is 11.3 Å². The molecule has 1 N–H and O–H groups in total. The summed E-state index contributed by atoms with van der Waals surface area (Å²) in [6.45, 7) is 0.580. The highest BCUT2D eigenvalue weighted by Gasteiger charge is 2.08. The summed E-state index contributed by atoms with van der Waals surface area (Å²) in [5, 5.41) is 9.90. The van der Waals surface area contributed by atoms with E-state index in [1.165, 1.54) is 4.90 Å². The summed E-state index contributed by atoms with van der Waals surface area (Å²) < 4.78 is 7.60. The van der Waals surface area contributed by atoms with Crippen molar-refractivity contribution in [3.63, 3.8) is 0 Å². The quantitative estimate of drug-likeness (QED) is 0.500. The van der Waals surface area contributed by atoms with Gasteiger partial charge in [-0.2, -0.15) is 0 Å². The van der Waals surface area contributed by atoms with E-state index in [0.717, 1.165) is 28.8 Å². The number of hydrogen-bond acceptors (Lipinski definition) is 4. The van der Waals surface area contributed by atoms with E-state index < -0.39 is 5.97 Å². The molecule has 0 radical (unpaired) electrons. The number of ether oxygens (including phenoxy) is 1. The zero-order valence-corrected chi connectivity index (χ0v) is 13.9. The minimum absolute atomic E-state index is 0.0461. The number of pyridine rings is 1. The van der Waals surface area contributed by atoms with E-state index in [0.29, 0.717) is 6.61 Å². The predicted octanol–water partition coefficient (Wildman–Crippen LogP) is 3.68. The van der Waals surface area contributed by atoms with Crippen molar-refractivity contribution >= 4 is 28.6 Å². The molecule has 0 amide bonds. The molecule has 24 heavy (non-hydrogen) atoms. The Morgan fingerprint density at radius 2 is 2.04 bits per heavy atom. The van der Waals surface area contributed by atoms with Crippen LogP contribution in [0, 0.1) is 0 Å². The van der Waals surface area contributed by atoms with E-state index in [1.807, 2.05) is 36.4 Å². The molecule has 0 unspecified atom stereocenters. The summed E-state index contributed by atoms with van der Waals surface area (Å²) in [6, 6.07) is 11.6. The maximum Gasteiger partial charge on any atom is 0.323 e. The third-order valence-corrected chi connectivity index (χ3v) is 4.64. The van der Waals surface area contributed by atoms with E-state index >= 15 is 0 Å². The fourth-order valence-electron chi connectivity index (χ4n) is 2.47. The van der Waals surface area contributed by atoms with Crippen LogP contribution in [0.3, 0.4) is 0 Å². The van der Waals surface area contributed by atoms with Crippen molar-refractivity contribution in [2.45, 2.75) is 17.9 Å². The van der Waals surface area contributed by atoms with Gasteiger partial charge in [0.15, 0.2) is 0 Å². The summed E-state index contributed by atoms with van der Waals surface area (Å²) in [5.74, 6) is 0.914. The smallest absolute Gasteiger partial charge is 0.323 e. The third-order valence-electron chi connectivity index (χ3n) is 3.54. The molecule has 3 rings (SSSR count). The summed E-state index contributed by atoms with van der Waals surface area (Å²) >= 11 is 1.78. The molecule has 124 valence electrons. The van der Waals surface area contributed by atoms with Gasteiger partial charge in [0.2, 0.25) is 0 Å². The van der Waals surface area contributed by atoms with Crippen LogP contribution in [0.4, 0.5) is 0 Å². The van der Waals surface area contributed by atoms with Crippen LogP contribution < -0.4 is 4.74 Å². The number of fused-ring (bicyclic) bond motifs is 1. The molecule has 0 fully saturated rings. The number of aliphatic carboxylic acids is 1. The van der Waals surface area contributed by atoms with Crippen molar-refractivity contribution < 1.29 is 14.6 Å². The van der Waals surface area contributed by atoms with Crippen LogP contribution in [0.5, 0.6) is 5.75 Å². The molecule has 0 saturated heterocycles. The van der Waals surface area contributed by atoms with E-state index in [-0.39, 0.29) is 6.54 Å². The molecule has 0 bridgehead atoms. The maximum absolute atomic E-state index is 10.9. The van der Waals surface area contributed by atoms with Crippen molar-refractivity contribution in [2.24, 2.45) is 0 Å². The van der Waals surface area contributed by atoms with E-state index in [1.54, 1.807) is 34.9 Å². The lowest BCUT2D eigenvalue weighted by Crippen LogP contribution is -2.07. The summed E-state index contributed by atoms with van der Waals surface area (Å²) in [7, 11) is 0. The molecule has 0 aliphatic carbocycles. The Kier molecular flexibility index (Phi) is 5.38. The fraction of sp³-hybridized carbons (Fsp3) is 0.222. The first kappa shape index (κ1) is 16.4. The SMILES string of the molecule is O=C(O)Cn1ccc2c(OCCCSc3ccncc3)cccc21. The highest BCUT2D eigenvalue weighted by Crippen LogP contribution is 2.27. The van der Waals surface area contributed by atoms with Gasteiger partial charge in [0.05, 0.1) is 12.1 Å². The number of carboxylic acid groups (broad SMARTS) is 1. The molecule has 5 nitrogen and oxygen atoms in total. The molecule has 0 atom stereocenters. The van der Waals surface area contributed by atoms with Crippen LogP contribution in [-0.4, -0.2) is 33.0 Å². The minimum Gasteiger partial charge on any atom is -0.493 e. The molecule has 0 aliphatic heterocycles. The molecule has 1 aromatic carbocycles. The largest absolute Gasteiger partial charge is 0.493 e. The molecule has 0 aliphatic rings. The van der Waals surface area contributed by atoms with Crippen molar-refractivity contribution in [2.75, 3.05) is 12.4 Å². The Bertz CT molecular complexity index is 818. The van der Waals surface area contributed by atoms with Crippen molar-refractivity contribution in [3.05, 3.63) is 55.0 Å². The molecule has 0 saturated carbocycles. The summed E-state index contributed by atoms with van der Waals surface area (Å²) in [4.78, 5) is 16.1. The van der Waals surface area contributed by atoms with E-state index in [9.17, 15) is 4.79 Å². The Hall–Kier alpha value is -2.47. The molecular weight excluding hydrogens is 324 g/mol. The molecule has 3 aromatic rings. The Morgan fingerprint density at radius 3 is 2.83 bits per heavy atom. The van der Waals surface area contributed by atoms with Gasteiger partial charge in [0.1, 0.15) is 12.3 Å². The summed E-state index contributed by atoms with van der Waals surface area (Å²) in [5.41, 5.74) is 0.876. The Balaban J connectivity index is 1.55. The summed E-state index contributed by atoms with van der Waals surface area (Å²) in [6.07, 6.45) is 6.30. The second-order valence-electron chi connectivity index (χ2n) is 5.26. The van der Waals surface area contributed by atoms with Crippen LogP contribution in [0.25, 0.3) is 10.9 Å². The van der Waals surface area contributed by atoms with Crippen molar-refractivity contribution in [1.82, 2.24) is 9.55 Å². The van der Waals surface area contributed by atoms with Gasteiger partial charge < -0.3 is 14.4 Å². The number of hydrogen-bond donors (Lipinski definition) is 1. The van der Waals surface area contributed by atoms with Crippen LogP contribution in [0.1, 0.15) is 6.42 Å². The zero-order valence-electron chi connectivity index (χ0n) is 13.1. The normalized spacial score (nSPS) is 10.8. The van der Waals surface area contributed by atoms with Crippen LogP contribution in [0.2, 0.25) is 0 Å². The highest BCUT2D eigenvalue weighted by molar-refractivity contribution is 7.99. The van der Waals surface area contributed by atoms with Gasteiger partial charge in [-0.3, -0.25) is 9.78 Å². The molecule has 6 heteroatoms. The molecule has 2 aromatic heterocycles. The average Bonchev–Trinajstić information content (AvgIpc) is 2.99. The zero-order chi connectivity index (χ0) is 16.8. The van der Waals surface area contributed by atoms with Gasteiger partial charge in [-0.1, -0.05) is 6.07 Å². The van der Waals surface area contributed by atoms with Crippen LogP contribution >= 0.6 is 11.8 Å². The maximum atomic E-state index is 10.9. The number of carbonyl (C=O) groups is 1. The first-order chi connectivity index (χ1) is 11.7. The van der Waals surface area contributed by atoms with Gasteiger partial charge >= 0.3 is 5.97 Å². The van der Waals surface area contributed by atoms with Gasteiger partial charge in [-0.25, -0.2) is 0 Å². The number of carboxylic acids is 1. The average molecular weight is 342 g/mol. The van der Waals surface area contributed by atoms with E-state index in [2.05, 4.69) is 4.98 Å².